The lowest BCUT2D eigenvalue weighted by Gasteiger charge is -2.15. The maximum atomic E-state index is 14.4. The van der Waals surface area contributed by atoms with Crippen molar-refractivity contribution in [3.05, 3.63) is 101 Å². The molecule has 0 aliphatic heterocycles. The number of hydrogen-bond donors (Lipinski definition) is 2. The number of benzene rings is 2. The molecular formula is C29H26F2N8O3. The first-order chi connectivity index (χ1) is 20.2. The van der Waals surface area contributed by atoms with Gasteiger partial charge in [0.05, 0.1) is 17.6 Å². The van der Waals surface area contributed by atoms with Crippen LogP contribution < -0.4 is 20.9 Å². The summed E-state index contributed by atoms with van der Waals surface area (Å²) in [6.07, 6.45) is 7.94. The highest BCUT2D eigenvalue weighted by Crippen LogP contribution is 2.27. The van der Waals surface area contributed by atoms with E-state index in [-0.39, 0.29) is 29.0 Å². The second-order valence-corrected chi connectivity index (χ2v) is 9.53. The zero-order valence-electron chi connectivity index (χ0n) is 22.9. The average molecular weight is 573 g/mol. The van der Waals surface area contributed by atoms with Gasteiger partial charge < -0.3 is 20.3 Å². The highest BCUT2D eigenvalue weighted by molar-refractivity contribution is 5.99. The molecule has 0 saturated heterocycles. The molecule has 0 aliphatic carbocycles. The van der Waals surface area contributed by atoms with Gasteiger partial charge in [-0.3, -0.25) is 18.8 Å². The van der Waals surface area contributed by atoms with Crippen molar-refractivity contribution in [1.82, 2.24) is 29.2 Å². The molecule has 0 spiro atoms. The van der Waals surface area contributed by atoms with Crippen molar-refractivity contribution in [2.24, 2.45) is 7.05 Å². The van der Waals surface area contributed by atoms with Crippen LogP contribution in [0.3, 0.4) is 0 Å². The monoisotopic (exact) mass is 572 g/mol. The van der Waals surface area contributed by atoms with Gasteiger partial charge in [0, 0.05) is 49.2 Å². The second-order valence-electron chi connectivity index (χ2n) is 9.53. The third-order valence-corrected chi connectivity index (χ3v) is 5.89. The lowest BCUT2D eigenvalue weighted by Crippen LogP contribution is -2.21. The van der Waals surface area contributed by atoms with Crippen LogP contribution in [0.2, 0.25) is 0 Å². The zero-order chi connectivity index (χ0) is 29.8. The number of amides is 1. The van der Waals surface area contributed by atoms with Crippen LogP contribution >= 0.6 is 0 Å². The van der Waals surface area contributed by atoms with Gasteiger partial charge in [0.15, 0.2) is 23.0 Å². The molecule has 0 aliphatic rings. The van der Waals surface area contributed by atoms with Crippen LogP contribution in [0.5, 0.6) is 11.5 Å². The fourth-order valence-electron chi connectivity index (χ4n) is 4.01. The molecule has 5 rings (SSSR count). The fraction of sp³-hybridized carbons (Fsp3) is 0.138. The lowest BCUT2D eigenvalue weighted by atomic mass is 10.2. The molecule has 0 atom stereocenters. The highest BCUT2D eigenvalue weighted by atomic mass is 19.1. The van der Waals surface area contributed by atoms with Crippen molar-refractivity contribution in [1.29, 1.82) is 0 Å². The Hall–Kier alpha value is -5.43. The summed E-state index contributed by atoms with van der Waals surface area (Å²) in [5.74, 6) is -2.49. The molecule has 5 aromatic rings. The van der Waals surface area contributed by atoms with Crippen LogP contribution in [-0.4, -0.2) is 55.8 Å². The van der Waals surface area contributed by atoms with Crippen LogP contribution in [0.25, 0.3) is 16.7 Å². The van der Waals surface area contributed by atoms with E-state index >= 15 is 0 Å². The Balaban J connectivity index is 1.59. The van der Waals surface area contributed by atoms with Gasteiger partial charge in [-0.1, -0.05) is 12.1 Å². The van der Waals surface area contributed by atoms with Crippen LogP contribution in [0.4, 0.5) is 26.1 Å². The number of nitrogens with zero attached hydrogens (tertiary/aromatic N) is 6. The van der Waals surface area contributed by atoms with Gasteiger partial charge >= 0.3 is 0 Å². The molecule has 11 nitrogen and oxygen atoms in total. The van der Waals surface area contributed by atoms with Gasteiger partial charge in [-0.15, -0.1) is 0 Å². The van der Waals surface area contributed by atoms with Gasteiger partial charge in [-0.05, 0) is 50.5 Å². The van der Waals surface area contributed by atoms with E-state index in [0.717, 1.165) is 12.1 Å². The zero-order valence-corrected chi connectivity index (χ0v) is 22.9. The van der Waals surface area contributed by atoms with Crippen LogP contribution in [-0.2, 0) is 11.8 Å². The number of ether oxygens (including phenoxy) is 1. The first-order valence-electron chi connectivity index (χ1n) is 12.7. The Morgan fingerprint density at radius 1 is 1.07 bits per heavy atom. The molecule has 1 amide bonds. The third kappa shape index (κ3) is 6.47. The number of fused-ring (bicyclic) bond motifs is 1. The van der Waals surface area contributed by atoms with E-state index < -0.39 is 17.2 Å². The second kappa shape index (κ2) is 12.0. The Labute approximate surface area is 238 Å². The molecular weight excluding hydrogens is 546 g/mol. The summed E-state index contributed by atoms with van der Waals surface area (Å²) in [7, 11) is 5.54. The fourth-order valence-corrected chi connectivity index (χ4v) is 4.01. The summed E-state index contributed by atoms with van der Waals surface area (Å²) < 4.78 is 36.4. The predicted molar refractivity (Wildman–Crippen MR) is 154 cm³/mol. The number of anilines is 3. The van der Waals surface area contributed by atoms with Crippen molar-refractivity contribution in [2.75, 3.05) is 31.3 Å². The molecule has 3 aromatic heterocycles. The molecule has 0 bridgehead atoms. The number of likely N-dealkylation sites (N-methyl/N-ethyl adjacent to an activating group) is 1. The van der Waals surface area contributed by atoms with Crippen molar-refractivity contribution in [3.8, 4) is 17.2 Å². The van der Waals surface area contributed by atoms with Crippen LogP contribution in [0.1, 0.15) is 0 Å². The van der Waals surface area contributed by atoms with E-state index in [0.29, 0.717) is 35.1 Å². The number of aromatic nitrogens is 5. The van der Waals surface area contributed by atoms with Crippen molar-refractivity contribution in [3.63, 3.8) is 0 Å². The Morgan fingerprint density at radius 3 is 2.64 bits per heavy atom. The minimum Gasteiger partial charge on any atom is -0.448 e. The minimum atomic E-state index is -0.972. The van der Waals surface area contributed by atoms with Crippen molar-refractivity contribution >= 4 is 34.3 Å². The van der Waals surface area contributed by atoms with E-state index in [1.54, 1.807) is 54.5 Å². The molecule has 0 radical (unpaired) electrons. The van der Waals surface area contributed by atoms with Gasteiger partial charge in [0.1, 0.15) is 5.82 Å². The lowest BCUT2D eigenvalue weighted by molar-refractivity contribution is -0.111. The predicted octanol–water partition coefficient (Wildman–Crippen LogP) is 4.38. The van der Waals surface area contributed by atoms with Gasteiger partial charge in [-0.2, -0.15) is 10.1 Å². The number of carbonyl (C=O) groups excluding carboxylic acids is 1. The van der Waals surface area contributed by atoms with Crippen molar-refractivity contribution < 1.29 is 18.3 Å². The Kier molecular flexibility index (Phi) is 8.02. The summed E-state index contributed by atoms with van der Waals surface area (Å²) in [4.78, 5) is 37.1. The normalized spacial score (nSPS) is 11.4. The largest absolute Gasteiger partial charge is 0.448 e. The quantitative estimate of drug-likeness (QED) is 0.250. The Morgan fingerprint density at radius 2 is 1.90 bits per heavy atom. The molecule has 214 valence electrons. The number of hydrogen-bond acceptors (Lipinski definition) is 8. The molecule has 2 N–H and O–H groups in total. The summed E-state index contributed by atoms with van der Waals surface area (Å²) in [6, 6.07) is 10.7. The highest BCUT2D eigenvalue weighted by Gasteiger charge is 2.18. The number of nitrogens with one attached hydrogen (secondary N) is 2. The van der Waals surface area contributed by atoms with E-state index in [1.165, 1.54) is 22.9 Å². The van der Waals surface area contributed by atoms with Gasteiger partial charge in [0.2, 0.25) is 11.9 Å². The maximum absolute atomic E-state index is 14.4. The first kappa shape index (κ1) is 28.1. The number of carbonyl (C=O) groups is 1. The van der Waals surface area contributed by atoms with Crippen LogP contribution in [0, 0.1) is 11.6 Å². The van der Waals surface area contributed by atoms with E-state index in [1.807, 2.05) is 19.0 Å². The smallest absolute Gasteiger partial charge is 0.299 e. The Bertz CT molecular complexity index is 1870. The summed E-state index contributed by atoms with van der Waals surface area (Å²) >= 11 is 0. The van der Waals surface area contributed by atoms with E-state index in [9.17, 15) is 18.4 Å². The third-order valence-electron chi connectivity index (χ3n) is 5.89. The standard InChI is InChI=1S/C29H26F2N8O3/c1-37(2)11-5-8-26(40)34-20-6-4-7-22(14-20)39-27-18(15-32-29(36-27)35-21-16-33-38(3)17-21)12-25(28(39)41)42-24-10-9-19(30)13-23(24)31/h4-10,12-17H,11H2,1-3H3,(H,34,40)(H,32,35,36)/b8-5+. The van der Waals surface area contributed by atoms with Gasteiger partial charge in [0.25, 0.3) is 5.56 Å². The SMILES string of the molecule is CN(C)C/C=C/C(=O)Nc1cccc(-n2c(=O)c(Oc3ccc(F)cc3F)cc3cnc(Nc4cnn(C)c4)nc32)c1. The molecule has 0 unspecified atom stereocenters. The van der Waals surface area contributed by atoms with Gasteiger partial charge in [-0.25, -0.2) is 13.8 Å². The number of aryl methyl sites for hydroxylation is 1. The number of rotatable bonds is 9. The molecule has 3 heterocycles. The molecule has 2 aromatic carbocycles. The van der Waals surface area contributed by atoms with E-state index in [4.69, 9.17) is 4.74 Å². The first-order valence-corrected chi connectivity index (χ1v) is 12.7. The minimum absolute atomic E-state index is 0.192. The summed E-state index contributed by atoms with van der Waals surface area (Å²) in [5.41, 5.74) is 0.931. The topological polar surface area (TPSA) is 119 Å². The molecule has 0 fully saturated rings. The average Bonchev–Trinajstić information content (AvgIpc) is 3.35. The van der Waals surface area contributed by atoms with E-state index in [2.05, 4.69) is 25.7 Å². The summed E-state index contributed by atoms with van der Waals surface area (Å²) in [6.45, 7) is 0.589. The molecule has 13 heteroatoms. The maximum Gasteiger partial charge on any atom is 0.299 e. The molecule has 0 saturated carbocycles. The van der Waals surface area contributed by atoms with Crippen molar-refractivity contribution in [2.45, 2.75) is 0 Å². The van der Waals surface area contributed by atoms with Crippen LogP contribution in [0.15, 0.2) is 84.1 Å². The molecule has 42 heavy (non-hydrogen) atoms. The number of pyridine rings is 1. The number of halogens is 2. The summed E-state index contributed by atoms with van der Waals surface area (Å²) in [5, 5.41) is 10.3.